The van der Waals surface area contributed by atoms with Gasteiger partial charge < -0.3 is 0 Å². The van der Waals surface area contributed by atoms with E-state index in [1.165, 1.54) is 5.92 Å². The van der Waals surface area contributed by atoms with Crippen LogP contribution in [0.2, 0.25) is 0 Å². The van der Waals surface area contributed by atoms with Gasteiger partial charge in [-0.05, 0) is 83.1 Å². The Kier molecular flexibility index (Phi) is 4.37. The summed E-state index contributed by atoms with van der Waals surface area (Å²) in [5.41, 5.74) is 3.16. The number of hydrogen-bond donors (Lipinski definition) is 0. The van der Waals surface area contributed by atoms with Crippen molar-refractivity contribution >= 4 is 5.78 Å². The molecule has 3 rings (SSSR count). The summed E-state index contributed by atoms with van der Waals surface area (Å²) in [5.74, 6) is 2.22. The summed E-state index contributed by atoms with van der Waals surface area (Å²) in [6.07, 6.45) is 16.8. The smallest absolute Gasteiger partial charge is 0.162 e. The minimum atomic E-state index is 0.0387. The number of hydrogen-bond acceptors (Lipinski definition) is 3. The summed E-state index contributed by atoms with van der Waals surface area (Å²) in [6.45, 7) is 3.43. The second-order valence-corrected chi connectivity index (χ2v) is 5.19. The van der Waals surface area contributed by atoms with Crippen molar-refractivity contribution in [3.8, 4) is 0 Å². The molecule has 0 atom stereocenters. The van der Waals surface area contributed by atoms with Crippen molar-refractivity contribution in [1.82, 2.24) is 10.2 Å². The van der Waals surface area contributed by atoms with Crippen LogP contribution in [0.5, 0.6) is 0 Å². The number of aryl methyl sites for hydroxylation is 1. The van der Waals surface area contributed by atoms with Crippen LogP contribution in [0.3, 0.4) is 0 Å². The number of nitrogens with zero attached hydrogens (tertiary/aromatic N) is 2. The highest BCUT2D eigenvalue weighted by Gasteiger charge is 2.29. The first-order chi connectivity index (χ1) is 10.2. The Labute approximate surface area is 127 Å². The van der Waals surface area contributed by atoms with E-state index in [0.717, 1.165) is 17.2 Å². The van der Waals surface area contributed by atoms with E-state index in [-0.39, 0.29) is 5.78 Å². The van der Waals surface area contributed by atoms with Gasteiger partial charge >= 0.3 is 0 Å². The Morgan fingerprint density at radius 1 is 1.00 bits per heavy atom. The van der Waals surface area contributed by atoms with E-state index >= 15 is 0 Å². The minimum absolute atomic E-state index is 0.0387. The molecule has 104 valence electrons. The lowest BCUT2D eigenvalue weighted by Gasteiger charge is -2.19. The number of ketones is 1. The molecule has 10 radical (unpaired) electrons. The zero-order valence-corrected chi connectivity index (χ0v) is 12.1. The standard InChI is InChI=1S/C18H16N2O/c1-12-17(13(2)21)16(11-14-7-3-4-8-14)18(20-19-12)15-9-5-6-10-15/h3-10H,11H2,1-2H3. The van der Waals surface area contributed by atoms with Crippen LogP contribution in [-0.2, 0) is 6.42 Å². The number of Topliss-reactive ketones (excluding diaryl/α,β-unsaturated/α-hetero) is 1. The summed E-state index contributed by atoms with van der Waals surface area (Å²) >= 11 is 0. The van der Waals surface area contributed by atoms with E-state index in [1.54, 1.807) is 6.92 Å². The molecule has 1 aromatic heterocycles. The van der Waals surface area contributed by atoms with Crippen molar-refractivity contribution in [3.63, 3.8) is 0 Å². The molecule has 2 saturated carbocycles. The van der Waals surface area contributed by atoms with Gasteiger partial charge in [-0.2, -0.15) is 10.2 Å². The minimum Gasteiger partial charge on any atom is -0.294 e. The summed E-state index contributed by atoms with van der Waals surface area (Å²) in [5, 5.41) is 8.52. The van der Waals surface area contributed by atoms with Crippen molar-refractivity contribution in [1.29, 1.82) is 0 Å². The predicted octanol–water partition coefficient (Wildman–Crippen LogP) is 2.69. The Hall–Kier alpha value is -1.25. The molecule has 0 saturated heterocycles. The van der Waals surface area contributed by atoms with Gasteiger partial charge in [0.15, 0.2) is 5.78 Å². The van der Waals surface area contributed by atoms with E-state index in [1.807, 2.05) is 45.4 Å². The first-order valence-electron chi connectivity index (χ1n) is 6.96. The third kappa shape index (κ3) is 3.02. The zero-order chi connectivity index (χ0) is 14.8. The van der Waals surface area contributed by atoms with E-state index in [9.17, 15) is 4.79 Å². The lowest BCUT2D eigenvalue weighted by atomic mass is 9.87. The van der Waals surface area contributed by atoms with Crippen LogP contribution in [0.4, 0.5) is 0 Å². The van der Waals surface area contributed by atoms with Gasteiger partial charge in [-0.3, -0.25) is 4.79 Å². The molecule has 2 aliphatic carbocycles. The molecule has 0 unspecified atom stereocenters. The van der Waals surface area contributed by atoms with Gasteiger partial charge in [0.1, 0.15) is 0 Å². The highest BCUT2D eigenvalue weighted by molar-refractivity contribution is 5.97. The maximum atomic E-state index is 12.1. The monoisotopic (exact) mass is 276 g/mol. The fraction of sp³-hybridized carbons (Fsp3) is 0.167. The maximum absolute atomic E-state index is 12.1. The molecular weight excluding hydrogens is 260 g/mol. The molecule has 2 aliphatic rings. The van der Waals surface area contributed by atoms with E-state index < -0.39 is 0 Å². The number of aromatic nitrogens is 2. The summed E-state index contributed by atoms with van der Waals surface area (Å²) in [7, 11) is 0. The second kappa shape index (κ2) is 6.25. The van der Waals surface area contributed by atoms with Crippen LogP contribution >= 0.6 is 0 Å². The first-order valence-corrected chi connectivity index (χ1v) is 6.96. The molecule has 3 heteroatoms. The van der Waals surface area contributed by atoms with Crippen LogP contribution < -0.4 is 0 Å². The van der Waals surface area contributed by atoms with Crippen molar-refractivity contribution in [2.75, 3.05) is 0 Å². The van der Waals surface area contributed by atoms with Crippen LogP contribution in [-0.4, -0.2) is 16.0 Å². The molecule has 0 aliphatic heterocycles. The van der Waals surface area contributed by atoms with Gasteiger partial charge in [-0.1, -0.05) is 0 Å². The maximum Gasteiger partial charge on any atom is 0.162 e. The third-order valence-electron chi connectivity index (χ3n) is 3.65. The van der Waals surface area contributed by atoms with Gasteiger partial charge in [0, 0.05) is 11.5 Å². The fourth-order valence-corrected chi connectivity index (χ4v) is 2.71. The highest BCUT2D eigenvalue weighted by atomic mass is 16.1. The predicted molar refractivity (Wildman–Crippen MR) is 80.5 cm³/mol. The third-order valence-corrected chi connectivity index (χ3v) is 3.65. The van der Waals surface area contributed by atoms with Crippen LogP contribution in [0.15, 0.2) is 0 Å². The molecule has 0 aromatic carbocycles. The molecule has 0 spiro atoms. The van der Waals surface area contributed by atoms with Gasteiger partial charge in [0.05, 0.1) is 11.4 Å². The van der Waals surface area contributed by atoms with Gasteiger partial charge in [-0.15, -0.1) is 0 Å². The molecule has 21 heavy (non-hydrogen) atoms. The Bertz CT molecular complexity index is 526. The van der Waals surface area contributed by atoms with Crippen LogP contribution in [0.25, 0.3) is 0 Å². The number of carbonyl (C=O) groups is 1. The molecule has 0 N–H and O–H groups in total. The van der Waals surface area contributed by atoms with Crippen molar-refractivity contribution in [2.24, 2.45) is 0 Å². The average molecular weight is 276 g/mol. The van der Waals surface area contributed by atoms with Crippen molar-refractivity contribution in [2.45, 2.75) is 20.3 Å². The molecular formula is C18H16N2O. The first kappa shape index (κ1) is 14.7. The Morgan fingerprint density at radius 3 is 2.24 bits per heavy atom. The number of rotatable bonds is 4. The topological polar surface area (TPSA) is 42.9 Å². The van der Waals surface area contributed by atoms with Gasteiger partial charge in [0.2, 0.25) is 0 Å². The zero-order valence-electron chi connectivity index (χ0n) is 12.1. The largest absolute Gasteiger partial charge is 0.294 e. The van der Waals surface area contributed by atoms with Crippen molar-refractivity contribution < 1.29 is 4.79 Å². The second-order valence-electron chi connectivity index (χ2n) is 5.19. The summed E-state index contributed by atoms with van der Waals surface area (Å²) in [4.78, 5) is 12.1. The molecule has 0 amide bonds. The quantitative estimate of drug-likeness (QED) is 0.794. The average Bonchev–Trinajstić information content (AvgIpc) is 3.11. The van der Waals surface area contributed by atoms with E-state index in [2.05, 4.69) is 23.0 Å². The summed E-state index contributed by atoms with van der Waals surface area (Å²) < 4.78 is 0. The Balaban J connectivity index is 2.01. The van der Waals surface area contributed by atoms with E-state index in [4.69, 9.17) is 0 Å². The van der Waals surface area contributed by atoms with Crippen LogP contribution in [0, 0.1) is 70.1 Å². The normalized spacial score (nSPS) is 20.3. The molecule has 1 aromatic rings. The molecule has 1 heterocycles. The van der Waals surface area contributed by atoms with Crippen LogP contribution in [0.1, 0.15) is 34.2 Å². The van der Waals surface area contributed by atoms with Crippen molar-refractivity contribution in [3.05, 3.63) is 85.7 Å². The number of carbonyl (C=O) groups excluding carboxylic acids is 1. The summed E-state index contributed by atoms with van der Waals surface area (Å²) in [6, 6.07) is 0. The lowest BCUT2D eigenvalue weighted by Crippen LogP contribution is -2.16. The highest BCUT2D eigenvalue weighted by Crippen LogP contribution is 2.36. The van der Waals surface area contributed by atoms with E-state index in [0.29, 0.717) is 17.7 Å². The molecule has 0 bridgehead atoms. The van der Waals surface area contributed by atoms with Gasteiger partial charge in [0.25, 0.3) is 0 Å². The Morgan fingerprint density at radius 2 is 1.62 bits per heavy atom. The molecule has 2 fully saturated rings. The van der Waals surface area contributed by atoms with Gasteiger partial charge in [-0.25, -0.2) is 0 Å². The molecule has 3 nitrogen and oxygen atoms in total. The fourth-order valence-electron chi connectivity index (χ4n) is 2.71. The SMILES string of the molecule is CC(=O)c1c(C)nnc([C]2[CH][CH][CH][CH]2)c1C[C]1[CH][CH][CH][CH]1. The lowest BCUT2D eigenvalue weighted by molar-refractivity contribution is 0.101.